The minimum atomic E-state index is -0.219. The summed E-state index contributed by atoms with van der Waals surface area (Å²) in [5.74, 6) is 0.196. The van der Waals surface area contributed by atoms with Crippen LogP contribution in [0.4, 0.5) is 0 Å². The van der Waals surface area contributed by atoms with E-state index in [1.54, 1.807) is 0 Å². The highest BCUT2D eigenvalue weighted by molar-refractivity contribution is 6.01. The Morgan fingerprint density at radius 3 is 2.29 bits per heavy atom. The number of rotatable bonds is 5. The van der Waals surface area contributed by atoms with E-state index in [9.17, 15) is 9.59 Å². The maximum Gasteiger partial charge on any atom is 0.255 e. The first-order valence-corrected chi connectivity index (χ1v) is 6.71. The van der Waals surface area contributed by atoms with E-state index < -0.39 is 0 Å². The van der Waals surface area contributed by atoms with Gasteiger partial charge in [0.2, 0.25) is 5.91 Å². The summed E-state index contributed by atoms with van der Waals surface area (Å²) >= 11 is 0. The summed E-state index contributed by atoms with van der Waals surface area (Å²) in [6.45, 7) is 2.21. The number of hydrogen-bond acceptors (Lipinski definition) is 3. The fraction of sp³-hybridized carbons (Fsp3) is 0.250. The molecule has 0 atom stereocenters. The van der Waals surface area contributed by atoms with Gasteiger partial charge in [0.1, 0.15) is 5.75 Å². The smallest absolute Gasteiger partial charge is 0.255 e. The molecule has 0 saturated heterocycles. The van der Waals surface area contributed by atoms with Crippen LogP contribution in [-0.2, 0) is 4.79 Å². The minimum Gasteiger partial charge on any atom is -0.496 e. The standard InChI is InChI=1S/C16H18N2O3/c1-11(19)17-7-8-18-16(20)14-9-12-5-3-4-6-13(12)10-15(14)21-2/h3-6,9-10H,7-8H2,1-2H3,(H,17,19)(H,18,20). The Kier molecular flexibility index (Phi) is 4.77. The fourth-order valence-corrected chi connectivity index (χ4v) is 2.08. The summed E-state index contributed by atoms with van der Waals surface area (Å²) in [6.07, 6.45) is 0. The average Bonchev–Trinajstić information content (AvgIpc) is 2.49. The van der Waals surface area contributed by atoms with Gasteiger partial charge in [-0.2, -0.15) is 0 Å². The number of hydrogen-bond donors (Lipinski definition) is 2. The number of benzene rings is 2. The molecule has 2 rings (SSSR count). The van der Waals surface area contributed by atoms with E-state index in [-0.39, 0.29) is 11.8 Å². The first-order valence-electron chi connectivity index (χ1n) is 6.71. The van der Waals surface area contributed by atoms with Gasteiger partial charge >= 0.3 is 0 Å². The van der Waals surface area contributed by atoms with Crippen molar-refractivity contribution < 1.29 is 14.3 Å². The maximum atomic E-state index is 12.2. The van der Waals surface area contributed by atoms with Crippen molar-refractivity contribution in [1.82, 2.24) is 10.6 Å². The lowest BCUT2D eigenvalue weighted by atomic mass is 10.1. The molecule has 2 aromatic carbocycles. The van der Waals surface area contributed by atoms with Crippen molar-refractivity contribution in [2.24, 2.45) is 0 Å². The third-order valence-electron chi connectivity index (χ3n) is 3.10. The lowest BCUT2D eigenvalue weighted by Gasteiger charge is -2.11. The lowest BCUT2D eigenvalue weighted by molar-refractivity contribution is -0.118. The Balaban J connectivity index is 2.15. The van der Waals surface area contributed by atoms with Crippen LogP contribution in [0.5, 0.6) is 5.75 Å². The van der Waals surface area contributed by atoms with Crippen LogP contribution in [0.15, 0.2) is 36.4 Å². The molecule has 0 bridgehead atoms. The van der Waals surface area contributed by atoms with Crippen LogP contribution in [0.1, 0.15) is 17.3 Å². The monoisotopic (exact) mass is 286 g/mol. The van der Waals surface area contributed by atoms with Crippen LogP contribution in [-0.4, -0.2) is 32.0 Å². The molecule has 2 aromatic rings. The zero-order valence-electron chi connectivity index (χ0n) is 12.1. The maximum absolute atomic E-state index is 12.2. The Labute approximate surface area is 123 Å². The third kappa shape index (κ3) is 3.72. The molecular formula is C16H18N2O3. The van der Waals surface area contributed by atoms with Crippen molar-refractivity contribution in [2.45, 2.75) is 6.92 Å². The number of fused-ring (bicyclic) bond motifs is 1. The average molecular weight is 286 g/mol. The Bertz CT molecular complexity index is 668. The molecule has 21 heavy (non-hydrogen) atoms. The first-order chi connectivity index (χ1) is 10.1. The molecule has 0 aliphatic carbocycles. The van der Waals surface area contributed by atoms with Gasteiger partial charge < -0.3 is 15.4 Å². The zero-order valence-corrected chi connectivity index (χ0v) is 12.1. The molecule has 5 nitrogen and oxygen atoms in total. The number of ether oxygens (including phenoxy) is 1. The zero-order chi connectivity index (χ0) is 15.2. The number of carbonyl (C=O) groups excluding carboxylic acids is 2. The van der Waals surface area contributed by atoms with Gasteiger partial charge in [0.25, 0.3) is 5.91 Å². The Morgan fingerprint density at radius 1 is 1.05 bits per heavy atom. The van der Waals surface area contributed by atoms with Gasteiger partial charge in [0.15, 0.2) is 0 Å². The second kappa shape index (κ2) is 6.74. The summed E-state index contributed by atoms with van der Waals surface area (Å²) < 4.78 is 5.29. The number of carbonyl (C=O) groups is 2. The highest BCUT2D eigenvalue weighted by Gasteiger charge is 2.13. The summed E-state index contributed by atoms with van der Waals surface area (Å²) in [6, 6.07) is 11.4. The Hall–Kier alpha value is -2.56. The van der Waals surface area contributed by atoms with Crippen LogP contribution >= 0.6 is 0 Å². The second-order valence-corrected chi connectivity index (χ2v) is 4.64. The van der Waals surface area contributed by atoms with Crippen LogP contribution in [0.25, 0.3) is 10.8 Å². The van der Waals surface area contributed by atoms with Gasteiger partial charge in [-0.15, -0.1) is 0 Å². The van der Waals surface area contributed by atoms with Gasteiger partial charge in [-0.3, -0.25) is 9.59 Å². The number of methoxy groups -OCH3 is 1. The second-order valence-electron chi connectivity index (χ2n) is 4.64. The van der Waals surface area contributed by atoms with E-state index in [1.165, 1.54) is 14.0 Å². The molecule has 0 spiro atoms. The molecule has 110 valence electrons. The van der Waals surface area contributed by atoms with Crippen LogP contribution in [0.2, 0.25) is 0 Å². The molecule has 0 saturated carbocycles. The van der Waals surface area contributed by atoms with Gasteiger partial charge in [-0.25, -0.2) is 0 Å². The molecule has 0 unspecified atom stereocenters. The van der Waals surface area contributed by atoms with E-state index >= 15 is 0 Å². The van der Waals surface area contributed by atoms with Gasteiger partial charge in [0, 0.05) is 20.0 Å². The van der Waals surface area contributed by atoms with Crippen molar-refractivity contribution >= 4 is 22.6 Å². The van der Waals surface area contributed by atoms with Gasteiger partial charge in [-0.1, -0.05) is 24.3 Å². The van der Waals surface area contributed by atoms with Crippen molar-refractivity contribution in [3.8, 4) is 5.75 Å². The van der Waals surface area contributed by atoms with Crippen LogP contribution < -0.4 is 15.4 Å². The van der Waals surface area contributed by atoms with E-state index in [1.807, 2.05) is 36.4 Å². The molecule has 0 aliphatic rings. The first kappa shape index (κ1) is 14.8. The van der Waals surface area contributed by atoms with Crippen molar-refractivity contribution in [1.29, 1.82) is 0 Å². The molecule has 2 N–H and O–H groups in total. The molecule has 0 fully saturated rings. The fourth-order valence-electron chi connectivity index (χ4n) is 2.08. The van der Waals surface area contributed by atoms with Crippen molar-refractivity contribution in [2.75, 3.05) is 20.2 Å². The highest BCUT2D eigenvalue weighted by atomic mass is 16.5. The number of nitrogens with one attached hydrogen (secondary N) is 2. The highest BCUT2D eigenvalue weighted by Crippen LogP contribution is 2.25. The molecule has 0 aromatic heterocycles. The van der Waals surface area contributed by atoms with Crippen molar-refractivity contribution in [3.63, 3.8) is 0 Å². The molecule has 5 heteroatoms. The third-order valence-corrected chi connectivity index (χ3v) is 3.10. The molecule has 2 amide bonds. The SMILES string of the molecule is COc1cc2ccccc2cc1C(=O)NCCNC(C)=O. The largest absolute Gasteiger partial charge is 0.496 e. The molecule has 0 radical (unpaired) electrons. The predicted molar refractivity (Wildman–Crippen MR) is 81.5 cm³/mol. The van der Waals surface area contributed by atoms with Gasteiger partial charge in [-0.05, 0) is 22.9 Å². The van der Waals surface area contributed by atoms with E-state index in [2.05, 4.69) is 10.6 Å². The quantitative estimate of drug-likeness (QED) is 0.822. The van der Waals surface area contributed by atoms with Crippen molar-refractivity contribution in [3.05, 3.63) is 42.0 Å². The van der Waals surface area contributed by atoms with E-state index in [4.69, 9.17) is 4.74 Å². The normalized spacial score (nSPS) is 10.2. The summed E-state index contributed by atoms with van der Waals surface area (Å²) in [4.78, 5) is 23.0. The predicted octanol–water partition coefficient (Wildman–Crippen LogP) is 1.71. The molecular weight excluding hydrogens is 268 g/mol. The van der Waals surface area contributed by atoms with Crippen LogP contribution in [0.3, 0.4) is 0 Å². The molecule has 0 heterocycles. The minimum absolute atomic E-state index is 0.118. The summed E-state index contributed by atoms with van der Waals surface area (Å²) in [5.41, 5.74) is 0.485. The van der Waals surface area contributed by atoms with E-state index in [0.717, 1.165) is 10.8 Å². The molecule has 0 aliphatic heterocycles. The topological polar surface area (TPSA) is 67.4 Å². The van der Waals surface area contributed by atoms with E-state index in [0.29, 0.717) is 24.4 Å². The lowest BCUT2D eigenvalue weighted by Crippen LogP contribution is -2.33. The number of amides is 2. The van der Waals surface area contributed by atoms with Gasteiger partial charge in [0.05, 0.1) is 12.7 Å². The van der Waals surface area contributed by atoms with Crippen LogP contribution in [0, 0.1) is 0 Å². The Morgan fingerprint density at radius 2 is 1.67 bits per heavy atom. The summed E-state index contributed by atoms with van der Waals surface area (Å²) in [5, 5.41) is 7.38. The summed E-state index contributed by atoms with van der Waals surface area (Å²) in [7, 11) is 1.54.